The summed E-state index contributed by atoms with van der Waals surface area (Å²) in [5.41, 5.74) is -0.0263. The number of methoxy groups -OCH3 is 1. The highest BCUT2D eigenvalue weighted by atomic mass is 19.2. The molecule has 8 heteroatoms. The van der Waals surface area contributed by atoms with Gasteiger partial charge in [-0.1, -0.05) is 6.07 Å². The third-order valence-corrected chi connectivity index (χ3v) is 2.93. The zero-order chi connectivity index (χ0) is 16.3. The standard InChI is InChI=1S/C14H11F3N2O3/c1-22-14-3-2-8(4-13(14)19(20)21)7-18-12-6-10(16)9(15)5-11(12)17/h2-6,18H,7H2,1H3. The summed E-state index contributed by atoms with van der Waals surface area (Å²) in [4.78, 5) is 10.3. The molecular weight excluding hydrogens is 301 g/mol. The van der Waals surface area contributed by atoms with Crippen molar-refractivity contribution in [3.8, 4) is 5.75 Å². The van der Waals surface area contributed by atoms with Crippen LogP contribution in [0.4, 0.5) is 24.5 Å². The Kier molecular flexibility index (Phi) is 4.50. The number of rotatable bonds is 5. The van der Waals surface area contributed by atoms with Gasteiger partial charge in [0.25, 0.3) is 0 Å². The number of hydrogen-bond donors (Lipinski definition) is 1. The average Bonchev–Trinajstić information content (AvgIpc) is 2.49. The molecule has 0 heterocycles. The normalized spacial score (nSPS) is 10.4. The molecule has 0 aliphatic carbocycles. The fraction of sp³-hybridized carbons (Fsp3) is 0.143. The molecule has 0 aromatic heterocycles. The zero-order valence-corrected chi connectivity index (χ0v) is 11.4. The van der Waals surface area contributed by atoms with Crippen molar-refractivity contribution in [2.24, 2.45) is 0 Å². The van der Waals surface area contributed by atoms with Crippen molar-refractivity contribution in [3.05, 3.63) is 63.5 Å². The van der Waals surface area contributed by atoms with E-state index >= 15 is 0 Å². The monoisotopic (exact) mass is 312 g/mol. The Labute approximate surface area is 123 Å². The van der Waals surface area contributed by atoms with Crippen LogP contribution in [0.15, 0.2) is 30.3 Å². The highest BCUT2D eigenvalue weighted by Crippen LogP contribution is 2.28. The summed E-state index contributed by atoms with van der Waals surface area (Å²) in [6, 6.07) is 5.30. The topological polar surface area (TPSA) is 64.4 Å². The molecule has 22 heavy (non-hydrogen) atoms. The van der Waals surface area contributed by atoms with E-state index in [0.717, 1.165) is 0 Å². The van der Waals surface area contributed by atoms with Crippen LogP contribution >= 0.6 is 0 Å². The number of hydrogen-bond acceptors (Lipinski definition) is 4. The summed E-state index contributed by atoms with van der Waals surface area (Å²) in [6.07, 6.45) is 0. The summed E-state index contributed by atoms with van der Waals surface area (Å²) in [7, 11) is 1.30. The molecule has 0 radical (unpaired) electrons. The number of benzene rings is 2. The second kappa shape index (κ2) is 6.33. The lowest BCUT2D eigenvalue weighted by molar-refractivity contribution is -0.385. The van der Waals surface area contributed by atoms with E-state index in [1.54, 1.807) is 0 Å². The number of anilines is 1. The lowest BCUT2D eigenvalue weighted by atomic mass is 10.1. The zero-order valence-electron chi connectivity index (χ0n) is 11.4. The molecule has 1 N–H and O–H groups in total. The molecule has 0 aliphatic rings. The number of nitro benzene ring substituents is 1. The third kappa shape index (κ3) is 3.27. The molecule has 2 aromatic rings. The van der Waals surface area contributed by atoms with Crippen molar-refractivity contribution >= 4 is 11.4 Å². The van der Waals surface area contributed by atoms with Crippen LogP contribution < -0.4 is 10.1 Å². The van der Waals surface area contributed by atoms with Crippen LogP contribution in [-0.2, 0) is 6.54 Å². The Morgan fingerprint density at radius 2 is 1.82 bits per heavy atom. The largest absolute Gasteiger partial charge is 0.490 e. The van der Waals surface area contributed by atoms with Crippen LogP contribution in [0, 0.1) is 27.6 Å². The molecule has 2 rings (SSSR count). The van der Waals surface area contributed by atoms with E-state index < -0.39 is 22.4 Å². The van der Waals surface area contributed by atoms with Crippen LogP contribution in [0.3, 0.4) is 0 Å². The molecule has 2 aromatic carbocycles. The maximum absolute atomic E-state index is 13.5. The fourth-order valence-electron chi connectivity index (χ4n) is 1.84. The fourth-order valence-corrected chi connectivity index (χ4v) is 1.84. The smallest absolute Gasteiger partial charge is 0.311 e. The molecule has 0 saturated carbocycles. The maximum atomic E-state index is 13.5. The SMILES string of the molecule is COc1ccc(CNc2cc(F)c(F)cc2F)cc1[N+](=O)[O-]. The van der Waals surface area contributed by atoms with Crippen molar-refractivity contribution in [2.75, 3.05) is 12.4 Å². The van der Waals surface area contributed by atoms with Gasteiger partial charge < -0.3 is 10.1 Å². The molecule has 0 saturated heterocycles. The summed E-state index contributed by atoms with van der Waals surface area (Å²) in [6.45, 7) is -0.00712. The van der Waals surface area contributed by atoms with Gasteiger partial charge in [-0.2, -0.15) is 0 Å². The molecule has 0 aliphatic heterocycles. The summed E-state index contributed by atoms with van der Waals surface area (Å²) < 4.78 is 44.2. The highest BCUT2D eigenvalue weighted by Gasteiger charge is 2.15. The van der Waals surface area contributed by atoms with Gasteiger partial charge in [0, 0.05) is 24.7 Å². The van der Waals surface area contributed by atoms with Crippen LogP contribution in [0.1, 0.15) is 5.56 Å². The van der Waals surface area contributed by atoms with Crippen LogP contribution in [0.5, 0.6) is 5.75 Å². The van der Waals surface area contributed by atoms with Gasteiger partial charge in [-0.15, -0.1) is 0 Å². The van der Waals surface area contributed by atoms with E-state index in [1.165, 1.54) is 25.3 Å². The Bertz CT molecular complexity index is 723. The number of halogens is 3. The van der Waals surface area contributed by atoms with E-state index in [9.17, 15) is 23.3 Å². The lowest BCUT2D eigenvalue weighted by Gasteiger charge is -2.09. The second-order valence-corrected chi connectivity index (χ2v) is 4.36. The minimum Gasteiger partial charge on any atom is -0.490 e. The van der Waals surface area contributed by atoms with E-state index in [4.69, 9.17) is 4.74 Å². The van der Waals surface area contributed by atoms with Crippen molar-refractivity contribution in [2.45, 2.75) is 6.54 Å². The second-order valence-electron chi connectivity index (χ2n) is 4.36. The van der Waals surface area contributed by atoms with Gasteiger partial charge >= 0.3 is 5.69 Å². The molecule has 0 amide bonds. The first-order valence-corrected chi connectivity index (χ1v) is 6.12. The molecular formula is C14H11F3N2O3. The van der Waals surface area contributed by atoms with E-state index in [1.807, 2.05) is 0 Å². The number of ether oxygens (including phenoxy) is 1. The average molecular weight is 312 g/mol. The number of nitrogens with one attached hydrogen (secondary N) is 1. The van der Waals surface area contributed by atoms with Gasteiger partial charge in [-0.25, -0.2) is 13.2 Å². The van der Waals surface area contributed by atoms with Gasteiger partial charge in [-0.05, 0) is 11.6 Å². The molecule has 5 nitrogen and oxygen atoms in total. The molecule has 116 valence electrons. The Balaban J connectivity index is 2.20. The predicted octanol–water partition coefficient (Wildman–Crippen LogP) is 3.63. The van der Waals surface area contributed by atoms with Gasteiger partial charge in [0.05, 0.1) is 17.7 Å². The molecule has 0 fully saturated rings. The third-order valence-electron chi connectivity index (χ3n) is 2.93. The summed E-state index contributed by atoms with van der Waals surface area (Å²) >= 11 is 0. The van der Waals surface area contributed by atoms with E-state index in [2.05, 4.69) is 5.32 Å². The van der Waals surface area contributed by atoms with Crippen LogP contribution in [0.25, 0.3) is 0 Å². The van der Waals surface area contributed by atoms with Crippen molar-refractivity contribution in [1.29, 1.82) is 0 Å². The number of nitro groups is 1. The van der Waals surface area contributed by atoms with Gasteiger partial charge in [0.1, 0.15) is 5.82 Å². The van der Waals surface area contributed by atoms with E-state index in [-0.39, 0.29) is 23.7 Å². The quantitative estimate of drug-likeness (QED) is 0.520. The summed E-state index contributed by atoms with van der Waals surface area (Å²) in [5.74, 6) is -3.34. The van der Waals surface area contributed by atoms with Gasteiger partial charge in [-0.3, -0.25) is 10.1 Å². The van der Waals surface area contributed by atoms with Crippen molar-refractivity contribution < 1.29 is 22.8 Å². The van der Waals surface area contributed by atoms with Crippen molar-refractivity contribution in [3.63, 3.8) is 0 Å². The minimum atomic E-state index is -1.29. The first-order valence-electron chi connectivity index (χ1n) is 6.12. The molecule has 0 spiro atoms. The van der Waals surface area contributed by atoms with Crippen molar-refractivity contribution in [1.82, 2.24) is 0 Å². The van der Waals surface area contributed by atoms with Gasteiger partial charge in [0.2, 0.25) is 0 Å². The van der Waals surface area contributed by atoms with Gasteiger partial charge in [0.15, 0.2) is 17.4 Å². The Morgan fingerprint density at radius 1 is 1.14 bits per heavy atom. The Morgan fingerprint density at radius 3 is 2.45 bits per heavy atom. The molecule has 0 unspecified atom stereocenters. The predicted molar refractivity (Wildman–Crippen MR) is 73.3 cm³/mol. The highest BCUT2D eigenvalue weighted by molar-refractivity contribution is 5.50. The number of nitrogens with zero attached hydrogens (tertiary/aromatic N) is 1. The van der Waals surface area contributed by atoms with E-state index in [0.29, 0.717) is 17.7 Å². The maximum Gasteiger partial charge on any atom is 0.311 e. The first-order chi connectivity index (χ1) is 10.4. The molecule has 0 bridgehead atoms. The molecule has 0 atom stereocenters. The summed E-state index contributed by atoms with van der Waals surface area (Å²) in [5, 5.41) is 13.5. The lowest BCUT2D eigenvalue weighted by Crippen LogP contribution is -2.04. The first kappa shape index (κ1) is 15.6. The Hall–Kier alpha value is -2.77. The minimum absolute atomic E-state index is 0.00712. The van der Waals surface area contributed by atoms with Crippen LogP contribution in [0.2, 0.25) is 0 Å². The van der Waals surface area contributed by atoms with Crippen LogP contribution in [-0.4, -0.2) is 12.0 Å².